The van der Waals surface area contributed by atoms with Gasteiger partial charge in [-0.05, 0) is 38.5 Å². The van der Waals surface area contributed by atoms with Gasteiger partial charge in [0.25, 0.3) is 0 Å². The molecule has 8 heteroatoms. The van der Waals surface area contributed by atoms with Crippen LogP contribution in [0.4, 0.5) is 0 Å². The van der Waals surface area contributed by atoms with E-state index in [1.807, 2.05) is 0 Å². The Morgan fingerprint density at radius 2 is 2.03 bits per heavy atom. The number of likely N-dealkylation sites (tertiary alicyclic amines) is 1. The Bertz CT molecular complexity index is 770. The fourth-order valence-electron chi connectivity index (χ4n) is 5.92. The van der Waals surface area contributed by atoms with E-state index < -0.39 is 35.6 Å². The van der Waals surface area contributed by atoms with Gasteiger partial charge >= 0.3 is 5.97 Å². The summed E-state index contributed by atoms with van der Waals surface area (Å²) in [4.78, 5) is 44.1. The van der Waals surface area contributed by atoms with Gasteiger partial charge in [0.15, 0.2) is 0 Å². The highest BCUT2D eigenvalue weighted by Gasteiger charge is 2.74. The van der Waals surface area contributed by atoms with E-state index in [2.05, 4.69) is 20.1 Å². The van der Waals surface area contributed by atoms with E-state index in [0.717, 1.165) is 25.7 Å². The number of aliphatic hydroxyl groups is 1. The normalized spacial score (nSPS) is 29.2. The van der Waals surface area contributed by atoms with Gasteiger partial charge in [-0.2, -0.15) is 0 Å². The van der Waals surface area contributed by atoms with Gasteiger partial charge in [-0.1, -0.05) is 38.5 Å². The number of amides is 2. The first-order chi connectivity index (χ1) is 16.5. The fraction of sp³-hybridized carbons (Fsp3) is 0.731. The number of aliphatic hydroxyl groups excluding tert-OH is 1. The number of esters is 1. The molecule has 1 spiro atoms. The number of ether oxygens (including phenoxy) is 2. The lowest BCUT2D eigenvalue weighted by Gasteiger charge is -2.36. The molecule has 190 valence electrons. The van der Waals surface area contributed by atoms with Gasteiger partial charge in [0, 0.05) is 26.2 Å². The summed E-state index contributed by atoms with van der Waals surface area (Å²) in [7, 11) is 0. The van der Waals surface area contributed by atoms with E-state index in [-0.39, 0.29) is 25.0 Å². The van der Waals surface area contributed by atoms with E-state index in [1.165, 1.54) is 6.08 Å². The maximum absolute atomic E-state index is 14.0. The molecule has 3 saturated heterocycles. The van der Waals surface area contributed by atoms with E-state index >= 15 is 0 Å². The van der Waals surface area contributed by atoms with Crippen molar-refractivity contribution in [2.45, 2.75) is 76.0 Å². The fourth-order valence-corrected chi connectivity index (χ4v) is 5.92. The van der Waals surface area contributed by atoms with Crippen LogP contribution in [-0.2, 0) is 23.9 Å². The second-order valence-corrected chi connectivity index (χ2v) is 9.57. The zero-order chi connectivity index (χ0) is 24.7. The van der Waals surface area contributed by atoms with Crippen molar-refractivity contribution in [3.63, 3.8) is 0 Å². The van der Waals surface area contributed by atoms with Crippen LogP contribution in [0.3, 0.4) is 0 Å². The summed E-state index contributed by atoms with van der Waals surface area (Å²) in [5.41, 5.74) is -1.00. The third kappa shape index (κ3) is 4.93. The van der Waals surface area contributed by atoms with E-state index in [4.69, 9.17) is 14.6 Å². The summed E-state index contributed by atoms with van der Waals surface area (Å²) in [6.07, 6.45) is 8.99. The van der Waals surface area contributed by atoms with Gasteiger partial charge in [0.1, 0.15) is 18.2 Å². The highest BCUT2D eigenvalue weighted by atomic mass is 16.6. The number of hydrogen-bond donors (Lipinski definition) is 1. The third-order valence-electron chi connectivity index (χ3n) is 7.40. The third-order valence-corrected chi connectivity index (χ3v) is 7.40. The predicted molar refractivity (Wildman–Crippen MR) is 128 cm³/mol. The molecule has 0 aromatic rings. The van der Waals surface area contributed by atoms with Crippen molar-refractivity contribution < 1.29 is 29.0 Å². The van der Waals surface area contributed by atoms with Gasteiger partial charge in [0.2, 0.25) is 11.8 Å². The molecule has 3 aliphatic heterocycles. The molecule has 0 radical (unpaired) electrons. The first-order valence-corrected chi connectivity index (χ1v) is 12.7. The minimum absolute atomic E-state index is 0.0771. The molecule has 5 atom stereocenters. The van der Waals surface area contributed by atoms with Crippen LogP contribution in [-0.4, -0.2) is 83.3 Å². The molecule has 1 N–H and O–H groups in total. The summed E-state index contributed by atoms with van der Waals surface area (Å²) < 4.78 is 11.7. The van der Waals surface area contributed by atoms with Crippen molar-refractivity contribution in [2.24, 2.45) is 11.8 Å². The van der Waals surface area contributed by atoms with E-state index in [9.17, 15) is 14.4 Å². The molecule has 2 bridgehead atoms. The standard InChI is InChI=1S/C26H40N2O6/c1-4-7-9-15-27(14-5-2)24(31)22-26-13-12-19(34-26)20(25(32)33-18-6-3)21(26)23(30)28(22)16-10-8-11-17-29/h5-6,19-22,29H,2-4,7-18H2,1H3/t19-,20+,21+,22?,26?/m1/s1. The number of nitrogens with zero attached hydrogens (tertiary/aromatic N) is 2. The van der Waals surface area contributed by atoms with Gasteiger partial charge < -0.3 is 24.4 Å². The zero-order valence-electron chi connectivity index (χ0n) is 20.5. The molecule has 0 aliphatic carbocycles. The van der Waals surface area contributed by atoms with Crippen molar-refractivity contribution >= 4 is 17.8 Å². The van der Waals surface area contributed by atoms with Gasteiger partial charge in [-0.15, -0.1) is 6.58 Å². The van der Waals surface area contributed by atoms with Crippen LogP contribution in [0, 0.1) is 11.8 Å². The van der Waals surface area contributed by atoms with Crippen LogP contribution in [0.1, 0.15) is 58.3 Å². The first-order valence-electron chi connectivity index (χ1n) is 12.7. The number of fused-ring (bicyclic) bond motifs is 1. The number of carbonyl (C=O) groups is 3. The summed E-state index contributed by atoms with van der Waals surface area (Å²) >= 11 is 0. The number of carbonyl (C=O) groups excluding carboxylic acids is 3. The lowest BCUT2D eigenvalue weighted by Crippen LogP contribution is -2.56. The summed E-state index contributed by atoms with van der Waals surface area (Å²) in [6.45, 7) is 11.1. The molecule has 3 rings (SSSR count). The largest absolute Gasteiger partial charge is 0.461 e. The Hall–Kier alpha value is -2.19. The summed E-state index contributed by atoms with van der Waals surface area (Å²) in [5.74, 6) is -2.19. The van der Waals surface area contributed by atoms with Crippen LogP contribution >= 0.6 is 0 Å². The monoisotopic (exact) mass is 476 g/mol. The smallest absolute Gasteiger partial charge is 0.312 e. The molecule has 3 fully saturated rings. The summed E-state index contributed by atoms with van der Waals surface area (Å²) in [5, 5.41) is 9.14. The van der Waals surface area contributed by atoms with Crippen LogP contribution in [0.15, 0.2) is 25.3 Å². The zero-order valence-corrected chi connectivity index (χ0v) is 20.5. The molecule has 2 unspecified atom stereocenters. The SMILES string of the molecule is C=CCOC(=O)[C@@H]1[C@H]2C(=O)N(CCCCCO)C(C(=O)N(CC=C)CCCCC)C23CC[C@H]1O3. The lowest BCUT2D eigenvalue weighted by atomic mass is 9.70. The number of hydrogen-bond acceptors (Lipinski definition) is 6. The number of unbranched alkanes of at least 4 members (excludes halogenated alkanes) is 4. The molecule has 2 amide bonds. The second kappa shape index (κ2) is 12.0. The molecular weight excluding hydrogens is 436 g/mol. The molecule has 3 heterocycles. The van der Waals surface area contributed by atoms with Crippen molar-refractivity contribution in [3.8, 4) is 0 Å². The van der Waals surface area contributed by atoms with Crippen LogP contribution in [0.2, 0.25) is 0 Å². The van der Waals surface area contributed by atoms with Gasteiger partial charge in [0.05, 0.1) is 17.9 Å². The number of rotatable bonds is 15. The minimum atomic E-state index is -1.00. The molecule has 8 nitrogen and oxygen atoms in total. The average Bonchev–Trinajstić information content (AvgIpc) is 3.47. The molecule has 3 aliphatic rings. The van der Waals surface area contributed by atoms with Crippen molar-refractivity contribution in [1.29, 1.82) is 0 Å². The average molecular weight is 477 g/mol. The molecule has 0 aromatic carbocycles. The van der Waals surface area contributed by atoms with Crippen LogP contribution in [0.5, 0.6) is 0 Å². The highest BCUT2D eigenvalue weighted by Crippen LogP contribution is 2.58. The van der Waals surface area contributed by atoms with Crippen LogP contribution < -0.4 is 0 Å². The van der Waals surface area contributed by atoms with Gasteiger partial charge in [-0.3, -0.25) is 14.4 Å². The predicted octanol–water partition coefficient (Wildman–Crippen LogP) is 2.46. The van der Waals surface area contributed by atoms with Crippen LogP contribution in [0.25, 0.3) is 0 Å². The van der Waals surface area contributed by atoms with E-state index in [1.54, 1.807) is 15.9 Å². The van der Waals surface area contributed by atoms with E-state index in [0.29, 0.717) is 45.3 Å². The summed E-state index contributed by atoms with van der Waals surface area (Å²) in [6, 6.07) is -0.761. The first kappa shape index (κ1) is 26.4. The van der Waals surface area contributed by atoms with Gasteiger partial charge in [-0.25, -0.2) is 0 Å². The Balaban J connectivity index is 1.91. The van der Waals surface area contributed by atoms with Crippen molar-refractivity contribution in [3.05, 3.63) is 25.3 Å². The maximum Gasteiger partial charge on any atom is 0.312 e. The maximum atomic E-state index is 14.0. The minimum Gasteiger partial charge on any atom is -0.461 e. The molecule has 0 aromatic heterocycles. The van der Waals surface area contributed by atoms with Crippen molar-refractivity contribution in [2.75, 3.05) is 32.8 Å². The Labute approximate surface area is 202 Å². The molecular formula is C26H40N2O6. The topological polar surface area (TPSA) is 96.4 Å². The Morgan fingerprint density at radius 1 is 1.24 bits per heavy atom. The Kier molecular flexibility index (Phi) is 9.31. The quantitative estimate of drug-likeness (QED) is 0.222. The second-order valence-electron chi connectivity index (χ2n) is 9.57. The Morgan fingerprint density at radius 3 is 2.71 bits per heavy atom. The van der Waals surface area contributed by atoms with Crippen molar-refractivity contribution in [1.82, 2.24) is 9.80 Å². The molecule has 34 heavy (non-hydrogen) atoms. The lowest BCUT2D eigenvalue weighted by molar-refractivity contribution is -0.154. The highest BCUT2D eigenvalue weighted by molar-refractivity contribution is 5.98. The molecule has 0 saturated carbocycles.